The first-order valence-electron chi connectivity index (χ1n) is 10.7. The van der Waals surface area contributed by atoms with Gasteiger partial charge in [0.1, 0.15) is 0 Å². The van der Waals surface area contributed by atoms with E-state index in [2.05, 4.69) is 20.4 Å². The number of carbonyl (C=O) groups excluding carboxylic acids is 1. The first kappa shape index (κ1) is 22.3. The highest BCUT2D eigenvalue weighted by Gasteiger charge is 2.28. The summed E-state index contributed by atoms with van der Waals surface area (Å²) < 4.78 is 16.1. The van der Waals surface area contributed by atoms with Crippen LogP contribution >= 0.6 is 11.3 Å². The predicted octanol–water partition coefficient (Wildman–Crippen LogP) is 3.90. The summed E-state index contributed by atoms with van der Waals surface area (Å²) in [7, 11) is 3.21. The number of methoxy groups -OCH3 is 2. The zero-order valence-electron chi connectivity index (χ0n) is 18.5. The van der Waals surface area contributed by atoms with Gasteiger partial charge in [-0.1, -0.05) is 17.3 Å². The molecule has 0 bridgehead atoms. The number of nitrogens with zero attached hydrogens (tertiary/aromatic N) is 3. The topological polar surface area (TPSA) is 89.7 Å². The first-order valence-corrected chi connectivity index (χ1v) is 11.6. The Kier molecular flexibility index (Phi) is 7.06. The Labute approximate surface area is 191 Å². The van der Waals surface area contributed by atoms with E-state index in [0.29, 0.717) is 36.3 Å². The van der Waals surface area contributed by atoms with Crippen molar-refractivity contribution in [2.45, 2.75) is 32.4 Å². The molecule has 1 aliphatic heterocycles. The third-order valence-corrected chi connectivity index (χ3v) is 6.58. The second kappa shape index (κ2) is 10.1. The number of hydrogen-bond donors (Lipinski definition) is 1. The van der Waals surface area contributed by atoms with Gasteiger partial charge in [-0.15, -0.1) is 11.3 Å². The molecule has 32 heavy (non-hydrogen) atoms. The van der Waals surface area contributed by atoms with Gasteiger partial charge in [-0.3, -0.25) is 9.69 Å². The number of piperidine rings is 1. The number of rotatable bonds is 8. The smallest absolute Gasteiger partial charge is 0.241 e. The number of thiophene rings is 1. The van der Waals surface area contributed by atoms with Crippen molar-refractivity contribution >= 4 is 17.2 Å². The van der Waals surface area contributed by atoms with Crippen LogP contribution in [-0.2, 0) is 11.3 Å². The van der Waals surface area contributed by atoms with Crippen LogP contribution in [0.25, 0.3) is 10.7 Å². The zero-order chi connectivity index (χ0) is 22.5. The summed E-state index contributed by atoms with van der Waals surface area (Å²) in [6.07, 6.45) is 1.82. The molecule has 0 spiro atoms. The van der Waals surface area contributed by atoms with E-state index in [-0.39, 0.29) is 17.9 Å². The molecule has 0 aliphatic carbocycles. The van der Waals surface area contributed by atoms with E-state index in [4.69, 9.17) is 14.0 Å². The molecule has 1 amide bonds. The van der Waals surface area contributed by atoms with E-state index in [1.807, 2.05) is 42.6 Å². The van der Waals surface area contributed by atoms with E-state index in [1.165, 1.54) is 0 Å². The van der Waals surface area contributed by atoms with Crippen LogP contribution in [0.4, 0.5) is 0 Å². The van der Waals surface area contributed by atoms with Gasteiger partial charge in [0.15, 0.2) is 11.5 Å². The third-order valence-electron chi connectivity index (χ3n) is 5.71. The quantitative estimate of drug-likeness (QED) is 0.550. The Hall–Kier alpha value is -2.91. The van der Waals surface area contributed by atoms with Crippen molar-refractivity contribution in [3.05, 3.63) is 47.2 Å². The molecule has 2 unspecified atom stereocenters. The van der Waals surface area contributed by atoms with E-state index in [1.54, 1.807) is 25.6 Å². The maximum atomic E-state index is 13.0. The van der Waals surface area contributed by atoms with Crippen LogP contribution in [0.2, 0.25) is 0 Å². The molecule has 2 aromatic heterocycles. The lowest BCUT2D eigenvalue weighted by Gasteiger charge is -2.31. The van der Waals surface area contributed by atoms with Gasteiger partial charge in [-0.2, -0.15) is 4.98 Å². The molecular weight excluding hydrogens is 428 g/mol. The molecule has 170 valence electrons. The van der Waals surface area contributed by atoms with Crippen LogP contribution in [0.1, 0.15) is 37.3 Å². The second-order valence-corrected chi connectivity index (χ2v) is 8.86. The van der Waals surface area contributed by atoms with Crippen molar-refractivity contribution in [1.29, 1.82) is 0 Å². The molecule has 3 heterocycles. The Balaban J connectivity index is 1.34. The van der Waals surface area contributed by atoms with Crippen molar-refractivity contribution in [3.8, 4) is 22.2 Å². The van der Waals surface area contributed by atoms with Gasteiger partial charge in [0.2, 0.25) is 17.6 Å². The molecule has 1 aliphatic rings. The molecular formula is C23H28N4O4S. The number of amides is 1. The fourth-order valence-electron chi connectivity index (χ4n) is 3.97. The molecule has 8 nitrogen and oxygen atoms in total. The normalized spacial score (nSPS) is 17.7. The van der Waals surface area contributed by atoms with Gasteiger partial charge < -0.3 is 19.3 Å². The number of ether oxygens (including phenoxy) is 2. The molecule has 2 atom stereocenters. The summed E-state index contributed by atoms with van der Waals surface area (Å²) in [6.45, 7) is 4.10. The molecule has 1 aromatic carbocycles. The molecule has 1 fully saturated rings. The number of nitrogens with one attached hydrogen (secondary N) is 1. The van der Waals surface area contributed by atoms with Gasteiger partial charge in [0, 0.05) is 6.54 Å². The third kappa shape index (κ3) is 5.11. The number of benzene rings is 1. The predicted molar refractivity (Wildman–Crippen MR) is 122 cm³/mol. The van der Waals surface area contributed by atoms with Crippen LogP contribution in [-0.4, -0.2) is 48.3 Å². The Morgan fingerprint density at radius 3 is 2.91 bits per heavy atom. The van der Waals surface area contributed by atoms with Crippen LogP contribution in [0.5, 0.6) is 11.5 Å². The molecule has 9 heteroatoms. The average Bonchev–Trinajstić information content (AvgIpc) is 3.51. The summed E-state index contributed by atoms with van der Waals surface area (Å²) in [4.78, 5) is 20.7. The molecule has 0 saturated carbocycles. The van der Waals surface area contributed by atoms with E-state index >= 15 is 0 Å². The fraction of sp³-hybridized carbons (Fsp3) is 0.435. The molecule has 4 rings (SSSR count). The van der Waals surface area contributed by atoms with Crippen molar-refractivity contribution in [2.75, 3.05) is 27.3 Å². The van der Waals surface area contributed by atoms with Crippen LogP contribution in [0.15, 0.2) is 40.2 Å². The summed E-state index contributed by atoms with van der Waals surface area (Å²) in [5, 5.41) is 9.21. The maximum absolute atomic E-state index is 13.0. The Morgan fingerprint density at radius 2 is 2.16 bits per heavy atom. The van der Waals surface area contributed by atoms with Crippen LogP contribution in [0, 0.1) is 5.92 Å². The lowest BCUT2D eigenvalue weighted by atomic mass is 9.96. The monoisotopic (exact) mass is 456 g/mol. The molecule has 1 N–H and O–H groups in total. The molecule has 0 radical (unpaired) electrons. The number of likely N-dealkylation sites (tertiary alicyclic amines) is 1. The zero-order valence-corrected chi connectivity index (χ0v) is 19.4. The Morgan fingerprint density at radius 1 is 1.31 bits per heavy atom. The fourth-order valence-corrected chi connectivity index (χ4v) is 4.62. The minimum Gasteiger partial charge on any atom is -0.493 e. The lowest BCUT2D eigenvalue weighted by Crippen LogP contribution is -2.43. The standard InChI is InChI=1S/C23H28N4O4S/c1-15(16-8-9-18(29-2)19(12-16)30-3)24-23(28)17-6-4-10-27(13-17)14-21-25-22(26-31-21)20-7-5-11-32-20/h5,7-9,11-12,15,17H,4,6,10,13-14H2,1-3H3,(H,24,28). The summed E-state index contributed by atoms with van der Waals surface area (Å²) in [5.74, 6) is 2.49. The van der Waals surface area contributed by atoms with Crippen LogP contribution in [0.3, 0.4) is 0 Å². The largest absolute Gasteiger partial charge is 0.493 e. The van der Waals surface area contributed by atoms with Crippen molar-refractivity contribution < 1.29 is 18.8 Å². The Bertz CT molecular complexity index is 1040. The second-order valence-electron chi connectivity index (χ2n) is 7.91. The summed E-state index contributed by atoms with van der Waals surface area (Å²) >= 11 is 1.58. The number of hydrogen-bond acceptors (Lipinski definition) is 8. The van der Waals surface area contributed by atoms with E-state index < -0.39 is 0 Å². The molecule has 1 saturated heterocycles. The lowest BCUT2D eigenvalue weighted by molar-refractivity contribution is -0.127. The highest BCUT2D eigenvalue weighted by molar-refractivity contribution is 7.13. The SMILES string of the molecule is COc1ccc(C(C)NC(=O)C2CCCN(Cc3nc(-c4cccs4)no3)C2)cc1OC. The number of carbonyl (C=O) groups is 1. The average molecular weight is 457 g/mol. The van der Waals surface area contributed by atoms with Gasteiger partial charge >= 0.3 is 0 Å². The van der Waals surface area contributed by atoms with Crippen molar-refractivity contribution in [3.63, 3.8) is 0 Å². The van der Waals surface area contributed by atoms with Crippen LogP contribution < -0.4 is 14.8 Å². The minimum atomic E-state index is -0.137. The number of aromatic nitrogens is 2. The van der Waals surface area contributed by atoms with Gasteiger partial charge in [0.25, 0.3) is 0 Å². The van der Waals surface area contributed by atoms with Gasteiger partial charge in [0.05, 0.1) is 37.6 Å². The van der Waals surface area contributed by atoms with Crippen molar-refractivity contribution in [2.24, 2.45) is 5.92 Å². The van der Waals surface area contributed by atoms with Gasteiger partial charge in [-0.25, -0.2) is 0 Å². The summed E-state index contributed by atoms with van der Waals surface area (Å²) in [6, 6.07) is 9.50. The molecule has 3 aromatic rings. The van der Waals surface area contributed by atoms with E-state index in [9.17, 15) is 4.79 Å². The summed E-state index contributed by atoms with van der Waals surface area (Å²) in [5.41, 5.74) is 0.968. The minimum absolute atomic E-state index is 0.0572. The van der Waals surface area contributed by atoms with Crippen molar-refractivity contribution in [1.82, 2.24) is 20.4 Å². The van der Waals surface area contributed by atoms with E-state index in [0.717, 1.165) is 29.8 Å². The highest BCUT2D eigenvalue weighted by Crippen LogP contribution is 2.30. The highest BCUT2D eigenvalue weighted by atomic mass is 32.1. The van der Waals surface area contributed by atoms with Gasteiger partial charge in [-0.05, 0) is 55.5 Å². The first-order chi connectivity index (χ1) is 15.6. The maximum Gasteiger partial charge on any atom is 0.241 e.